The van der Waals surface area contributed by atoms with Gasteiger partial charge >= 0.3 is 5.97 Å². The predicted octanol–water partition coefficient (Wildman–Crippen LogP) is 1.18. The highest BCUT2D eigenvalue weighted by molar-refractivity contribution is 5.83. The van der Waals surface area contributed by atoms with Gasteiger partial charge in [0.1, 0.15) is 6.54 Å². The summed E-state index contributed by atoms with van der Waals surface area (Å²) in [6.07, 6.45) is 3.83. The Bertz CT molecular complexity index is 443. The minimum absolute atomic E-state index is 0.0458. The Labute approximate surface area is 112 Å². The highest BCUT2D eigenvalue weighted by atomic mass is 16.5. The number of amides is 1. The molecule has 1 aromatic rings. The van der Waals surface area contributed by atoms with E-state index in [0.29, 0.717) is 6.61 Å². The average molecular weight is 262 g/mol. The first kappa shape index (κ1) is 13.5. The minimum Gasteiger partial charge on any atom is -0.465 e. The number of ether oxygens (including phenoxy) is 1. The fourth-order valence-electron chi connectivity index (χ4n) is 1.91. The van der Waals surface area contributed by atoms with Gasteiger partial charge in [0.25, 0.3) is 0 Å². The Morgan fingerprint density at radius 3 is 2.79 bits per heavy atom. The van der Waals surface area contributed by atoms with Crippen molar-refractivity contribution < 1.29 is 14.3 Å². The monoisotopic (exact) mass is 262 g/mol. The molecule has 0 bridgehead atoms. The van der Waals surface area contributed by atoms with Gasteiger partial charge in [-0.1, -0.05) is 6.07 Å². The van der Waals surface area contributed by atoms with E-state index < -0.39 is 0 Å². The second-order valence-electron chi connectivity index (χ2n) is 4.56. The highest BCUT2D eigenvalue weighted by Crippen LogP contribution is 2.27. The quantitative estimate of drug-likeness (QED) is 0.722. The maximum atomic E-state index is 12.2. The molecule has 0 aromatic carbocycles. The smallest absolute Gasteiger partial charge is 0.325 e. The number of rotatable bonds is 6. The summed E-state index contributed by atoms with van der Waals surface area (Å²) in [5.74, 6) is -0.405. The molecule has 0 spiro atoms. The molecule has 1 aromatic heterocycles. The maximum absolute atomic E-state index is 12.2. The van der Waals surface area contributed by atoms with Crippen molar-refractivity contribution in [1.82, 2.24) is 9.88 Å². The summed E-state index contributed by atoms with van der Waals surface area (Å²) < 4.78 is 4.90. The molecule has 1 aliphatic rings. The van der Waals surface area contributed by atoms with Crippen molar-refractivity contribution in [3.8, 4) is 0 Å². The van der Waals surface area contributed by atoms with E-state index in [0.717, 1.165) is 18.5 Å². The molecule has 102 valence electrons. The molecular weight excluding hydrogens is 244 g/mol. The normalized spacial score (nSPS) is 13.9. The SMILES string of the molecule is CCOC(=O)CN(C(=O)Cc1ccccn1)C1CC1. The standard InChI is InChI=1S/C14H18N2O3/c1-2-19-14(18)10-16(12-6-7-12)13(17)9-11-5-3-4-8-15-11/h3-5,8,12H,2,6-7,9-10H2,1H3. The van der Waals surface area contributed by atoms with Gasteiger partial charge in [0, 0.05) is 17.9 Å². The van der Waals surface area contributed by atoms with Crippen molar-refractivity contribution in [3.63, 3.8) is 0 Å². The van der Waals surface area contributed by atoms with Crippen molar-refractivity contribution in [2.75, 3.05) is 13.2 Å². The van der Waals surface area contributed by atoms with Crippen molar-refractivity contribution >= 4 is 11.9 Å². The van der Waals surface area contributed by atoms with Crippen molar-refractivity contribution in [2.24, 2.45) is 0 Å². The molecule has 0 N–H and O–H groups in total. The van der Waals surface area contributed by atoms with Crippen LogP contribution in [0, 0.1) is 0 Å². The fraction of sp³-hybridized carbons (Fsp3) is 0.500. The van der Waals surface area contributed by atoms with Crippen molar-refractivity contribution in [1.29, 1.82) is 0 Å². The molecule has 2 rings (SSSR count). The Morgan fingerprint density at radius 1 is 1.42 bits per heavy atom. The van der Waals surface area contributed by atoms with E-state index in [1.54, 1.807) is 18.0 Å². The van der Waals surface area contributed by atoms with Gasteiger partial charge in [0.15, 0.2) is 0 Å². The minimum atomic E-state index is -0.344. The van der Waals surface area contributed by atoms with Gasteiger partial charge in [-0.2, -0.15) is 0 Å². The molecule has 5 nitrogen and oxygen atoms in total. The Morgan fingerprint density at radius 2 is 2.21 bits per heavy atom. The zero-order valence-electron chi connectivity index (χ0n) is 11.0. The molecule has 0 unspecified atom stereocenters. The van der Waals surface area contributed by atoms with E-state index in [-0.39, 0.29) is 30.9 Å². The van der Waals surface area contributed by atoms with Gasteiger partial charge in [-0.05, 0) is 31.9 Å². The first-order chi connectivity index (χ1) is 9.20. The van der Waals surface area contributed by atoms with Crippen molar-refractivity contribution in [2.45, 2.75) is 32.2 Å². The number of carbonyl (C=O) groups excluding carboxylic acids is 2. The van der Waals surface area contributed by atoms with Crippen LogP contribution in [0.5, 0.6) is 0 Å². The summed E-state index contributed by atoms with van der Waals surface area (Å²) in [6.45, 7) is 2.14. The molecule has 1 saturated carbocycles. The first-order valence-corrected chi connectivity index (χ1v) is 6.55. The van der Waals surface area contributed by atoms with Crippen LogP contribution >= 0.6 is 0 Å². The first-order valence-electron chi connectivity index (χ1n) is 6.55. The maximum Gasteiger partial charge on any atom is 0.325 e. The van der Waals surface area contributed by atoms with E-state index in [9.17, 15) is 9.59 Å². The number of esters is 1. The van der Waals surface area contributed by atoms with Gasteiger partial charge in [0.2, 0.25) is 5.91 Å². The summed E-state index contributed by atoms with van der Waals surface area (Å²) in [5.41, 5.74) is 0.724. The van der Waals surface area contributed by atoms with Gasteiger partial charge < -0.3 is 9.64 Å². The molecule has 0 radical (unpaired) electrons. The number of hydrogen-bond donors (Lipinski definition) is 0. The number of pyridine rings is 1. The topological polar surface area (TPSA) is 59.5 Å². The van der Waals surface area contributed by atoms with E-state index in [2.05, 4.69) is 4.98 Å². The summed E-state index contributed by atoms with van der Waals surface area (Å²) >= 11 is 0. The van der Waals surface area contributed by atoms with Gasteiger partial charge in [-0.15, -0.1) is 0 Å². The van der Waals surface area contributed by atoms with Crippen LogP contribution in [0.4, 0.5) is 0 Å². The van der Waals surface area contributed by atoms with Crippen molar-refractivity contribution in [3.05, 3.63) is 30.1 Å². The Balaban J connectivity index is 1.95. The molecule has 5 heteroatoms. The summed E-state index contributed by atoms with van der Waals surface area (Å²) in [7, 11) is 0. The highest BCUT2D eigenvalue weighted by Gasteiger charge is 2.34. The molecular formula is C14H18N2O3. The average Bonchev–Trinajstić information content (AvgIpc) is 3.21. The lowest BCUT2D eigenvalue weighted by atomic mass is 10.2. The van der Waals surface area contributed by atoms with Crippen LogP contribution in [0.1, 0.15) is 25.5 Å². The van der Waals surface area contributed by atoms with Crippen LogP contribution in [-0.2, 0) is 20.7 Å². The molecule has 0 saturated heterocycles. The zero-order chi connectivity index (χ0) is 13.7. The summed E-state index contributed by atoms with van der Waals surface area (Å²) in [4.78, 5) is 29.5. The summed E-state index contributed by atoms with van der Waals surface area (Å²) in [6, 6.07) is 5.67. The molecule has 19 heavy (non-hydrogen) atoms. The number of carbonyl (C=O) groups is 2. The van der Waals surface area contributed by atoms with E-state index in [1.165, 1.54) is 0 Å². The lowest BCUT2D eigenvalue weighted by molar-refractivity contribution is -0.149. The van der Waals surface area contributed by atoms with Crippen LogP contribution in [0.15, 0.2) is 24.4 Å². The number of aromatic nitrogens is 1. The van der Waals surface area contributed by atoms with E-state index >= 15 is 0 Å². The third-order valence-corrected chi connectivity index (χ3v) is 2.97. The molecule has 1 heterocycles. The second-order valence-corrected chi connectivity index (χ2v) is 4.56. The molecule has 1 amide bonds. The Kier molecular flexibility index (Phi) is 4.49. The zero-order valence-corrected chi connectivity index (χ0v) is 11.0. The second kappa shape index (κ2) is 6.31. The predicted molar refractivity (Wildman–Crippen MR) is 69.3 cm³/mol. The van der Waals surface area contributed by atoms with Gasteiger partial charge in [0.05, 0.1) is 13.0 Å². The molecule has 0 atom stereocenters. The van der Waals surface area contributed by atoms with Crippen LogP contribution in [0.2, 0.25) is 0 Å². The summed E-state index contributed by atoms with van der Waals surface area (Å²) in [5, 5.41) is 0. The van der Waals surface area contributed by atoms with Crippen LogP contribution < -0.4 is 0 Å². The number of hydrogen-bond acceptors (Lipinski definition) is 4. The molecule has 1 aliphatic carbocycles. The van der Waals surface area contributed by atoms with E-state index in [1.807, 2.05) is 18.2 Å². The van der Waals surface area contributed by atoms with E-state index in [4.69, 9.17) is 4.74 Å². The molecule has 0 aliphatic heterocycles. The van der Waals surface area contributed by atoms with Gasteiger partial charge in [-0.3, -0.25) is 14.6 Å². The third kappa shape index (κ3) is 4.05. The lowest BCUT2D eigenvalue weighted by Gasteiger charge is -2.21. The lowest BCUT2D eigenvalue weighted by Crippen LogP contribution is -2.39. The Hall–Kier alpha value is -1.91. The third-order valence-electron chi connectivity index (χ3n) is 2.97. The molecule has 1 fully saturated rings. The fourth-order valence-corrected chi connectivity index (χ4v) is 1.91. The van der Waals surface area contributed by atoms with Crippen LogP contribution in [0.3, 0.4) is 0 Å². The van der Waals surface area contributed by atoms with Gasteiger partial charge in [-0.25, -0.2) is 0 Å². The van der Waals surface area contributed by atoms with Crippen LogP contribution in [0.25, 0.3) is 0 Å². The van der Waals surface area contributed by atoms with Crippen LogP contribution in [-0.4, -0.2) is 41.0 Å². The largest absolute Gasteiger partial charge is 0.465 e. The number of nitrogens with zero attached hydrogens (tertiary/aromatic N) is 2.